The Kier molecular flexibility index (Phi) is 60.8. The van der Waals surface area contributed by atoms with Gasteiger partial charge in [-0.1, -0.05) is 305 Å². The van der Waals surface area contributed by atoms with Gasteiger partial charge >= 0.3 is 39.5 Å². The fourth-order valence-electron chi connectivity index (χ4n) is 10.6. The molecule has 0 amide bonds. The number of carbonyl (C=O) groups is 4. The molecule has 0 aromatic heterocycles. The lowest BCUT2D eigenvalue weighted by Crippen LogP contribution is -2.30. The predicted octanol–water partition coefficient (Wildman–Crippen LogP) is 20.0. The summed E-state index contributed by atoms with van der Waals surface area (Å²) in [4.78, 5) is 72.4. The topological polar surface area (TPSA) is 237 Å². The van der Waals surface area contributed by atoms with Crippen LogP contribution >= 0.6 is 15.6 Å². The molecule has 3 N–H and O–H groups in total. The van der Waals surface area contributed by atoms with Gasteiger partial charge < -0.3 is 33.8 Å². The highest BCUT2D eigenvalue weighted by atomic mass is 31.2. The molecule has 0 heterocycles. The molecule has 17 nitrogen and oxygen atoms in total. The number of unbranched alkanes of at least 4 members (excludes halogenated alkanes) is 39. The van der Waals surface area contributed by atoms with Gasteiger partial charge in [-0.15, -0.1) is 0 Å². The summed E-state index contributed by atoms with van der Waals surface area (Å²) >= 11 is 0. The first-order valence-corrected chi connectivity index (χ1v) is 39.5. The van der Waals surface area contributed by atoms with Crippen molar-refractivity contribution in [2.24, 2.45) is 11.8 Å². The van der Waals surface area contributed by atoms with E-state index >= 15 is 0 Å². The van der Waals surface area contributed by atoms with E-state index in [1.165, 1.54) is 161 Å². The maximum absolute atomic E-state index is 13.0. The second kappa shape index (κ2) is 62.2. The molecule has 0 aliphatic carbocycles. The molecule has 5 atom stereocenters. The van der Waals surface area contributed by atoms with E-state index in [1.54, 1.807) is 0 Å². The minimum absolute atomic E-state index is 0.105. The summed E-state index contributed by atoms with van der Waals surface area (Å²) in [6.07, 6.45) is 47.6. The number of esters is 4. The largest absolute Gasteiger partial charge is 0.472 e. The second-order valence-electron chi connectivity index (χ2n) is 26.2. The Labute approximate surface area is 543 Å². The number of aliphatic hydroxyl groups excluding tert-OH is 1. The zero-order valence-corrected chi connectivity index (χ0v) is 59.5. The minimum atomic E-state index is -4.95. The van der Waals surface area contributed by atoms with Gasteiger partial charge in [-0.25, -0.2) is 9.13 Å². The highest BCUT2D eigenvalue weighted by Crippen LogP contribution is 2.45. The molecule has 2 unspecified atom stereocenters. The number of aliphatic hydroxyl groups is 1. The molecule has 89 heavy (non-hydrogen) atoms. The predicted molar refractivity (Wildman–Crippen MR) is 358 cm³/mol. The molecule has 0 radical (unpaired) electrons. The molecule has 0 aliphatic heterocycles. The highest BCUT2D eigenvalue weighted by molar-refractivity contribution is 7.47. The van der Waals surface area contributed by atoms with Crippen LogP contribution in [0.15, 0.2) is 0 Å². The van der Waals surface area contributed by atoms with Crippen molar-refractivity contribution in [3.63, 3.8) is 0 Å². The van der Waals surface area contributed by atoms with Crippen molar-refractivity contribution in [3.8, 4) is 0 Å². The van der Waals surface area contributed by atoms with Crippen LogP contribution in [0.2, 0.25) is 0 Å². The first-order chi connectivity index (χ1) is 42.9. The Bertz CT molecular complexity index is 1730. The van der Waals surface area contributed by atoms with E-state index < -0.39 is 97.5 Å². The lowest BCUT2D eigenvalue weighted by molar-refractivity contribution is -0.161. The van der Waals surface area contributed by atoms with Gasteiger partial charge in [-0.2, -0.15) is 0 Å². The van der Waals surface area contributed by atoms with Crippen LogP contribution in [0.1, 0.15) is 356 Å². The van der Waals surface area contributed by atoms with E-state index in [0.717, 1.165) is 103 Å². The zero-order valence-electron chi connectivity index (χ0n) is 57.7. The van der Waals surface area contributed by atoms with Crippen molar-refractivity contribution in [1.82, 2.24) is 0 Å². The molecular weight excluding hydrogens is 1170 g/mol. The van der Waals surface area contributed by atoms with Crippen LogP contribution in [0, 0.1) is 11.8 Å². The first-order valence-electron chi connectivity index (χ1n) is 36.5. The Morgan fingerprint density at radius 3 is 0.764 bits per heavy atom. The number of ether oxygens (including phenoxy) is 4. The van der Waals surface area contributed by atoms with Gasteiger partial charge in [0.1, 0.15) is 19.3 Å². The molecule has 0 saturated heterocycles. The van der Waals surface area contributed by atoms with Crippen LogP contribution in [0.3, 0.4) is 0 Å². The van der Waals surface area contributed by atoms with Crippen LogP contribution in [0.5, 0.6) is 0 Å². The first kappa shape index (κ1) is 87.1. The Morgan fingerprint density at radius 2 is 0.517 bits per heavy atom. The van der Waals surface area contributed by atoms with E-state index in [4.69, 9.17) is 37.0 Å². The summed E-state index contributed by atoms with van der Waals surface area (Å²) in [6.45, 7) is 9.39. The van der Waals surface area contributed by atoms with E-state index in [1.807, 2.05) is 0 Å². The van der Waals surface area contributed by atoms with Gasteiger partial charge in [0.15, 0.2) is 12.2 Å². The normalized spacial score (nSPS) is 14.1. The fourth-order valence-corrected chi connectivity index (χ4v) is 12.2. The van der Waals surface area contributed by atoms with E-state index in [-0.39, 0.29) is 25.7 Å². The third-order valence-electron chi connectivity index (χ3n) is 16.2. The lowest BCUT2D eigenvalue weighted by atomic mass is 10.0. The van der Waals surface area contributed by atoms with Gasteiger partial charge in [0.2, 0.25) is 0 Å². The summed E-state index contributed by atoms with van der Waals surface area (Å²) < 4.78 is 68.2. The molecular formula is C70H136O17P2. The number of hydrogen-bond donors (Lipinski definition) is 3. The van der Waals surface area contributed by atoms with Crippen molar-refractivity contribution >= 4 is 39.5 Å². The fraction of sp³-hybridized carbons (Fsp3) is 0.943. The van der Waals surface area contributed by atoms with Gasteiger partial charge in [-0.05, 0) is 37.5 Å². The van der Waals surface area contributed by atoms with Crippen molar-refractivity contribution in [1.29, 1.82) is 0 Å². The van der Waals surface area contributed by atoms with Gasteiger partial charge in [0.05, 0.1) is 26.4 Å². The standard InChI is InChI=1S/C70H136O17P2/c1-7-9-11-13-15-17-19-20-21-22-23-24-25-26-27-28-30-34-43-49-55-70(75)86-65(58-80-67(72)52-46-40-35-31-32-38-44-50-62(3)4)60-84-88(76,77)82-56-64(71)57-83-89(78,79)85-61-66(59-81-68(73)53-47-41-37-36-39-45-51-63(5)6)87-69(74)54-48-42-33-29-18-16-14-12-10-8-2/h62-66,71H,7-61H2,1-6H3,(H,76,77)(H,78,79)/t64-,65-,66-/m1/s1. The second-order valence-corrected chi connectivity index (χ2v) is 29.1. The number of phosphoric acid groups is 2. The summed E-state index contributed by atoms with van der Waals surface area (Å²) in [5.74, 6) is -0.744. The van der Waals surface area contributed by atoms with Crippen LogP contribution < -0.4 is 0 Å². The average molecular weight is 1310 g/mol. The monoisotopic (exact) mass is 1310 g/mol. The molecule has 0 bridgehead atoms. The van der Waals surface area contributed by atoms with Crippen LogP contribution in [-0.4, -0.2) is 96.7 Å². The number of phosphoric ester groups is 2. The van der Waals surface area contributed by atoms with Crippen molar-refractivity contribution < 1.29 is 80.2 Å². The van der Waals surface area contributed by atoms with Gasteiger partial charge in [0, 0.05) is 25.7 Å². The smallest absolute Gasteiger partial charge is 0.462 e. The van der Waals surface area contributed by atoms with Crippen molar-refractivity contribution in [3.05, 3.63) is 0 Å². The molecule has 19 heteroatoms. The maximum Gasteiger partial charge on any atom is 0.472 e. The molecule has 0 fully saturated rings. The van der Waals surface area contributed by atoms with E-state index in [2.05, 4.69) is 41.5 Å². The summed E-state index contributed by atoms with van der Waals surface area (Å²) in [6, 6.07) is 0. The number of rotatable bonds is 69. The Morgan fingerprint density at radius 1 is 0.303 bits per heavy atom. The molecule has 0 aliphatic rings. The third kappa shape index (κ3) is 64.6. The van der Waals surface area contributed by atoms with Crippen LogP contribution in [0.4, 0.5) is 0 Å². The van der Waals surface area contributed by atoms with Crippen molar-refractivity contribution in [2.75, 3.05) is 39.6 Å². The lowest BCUT2D eigenvalue weighted by Gasteiger charge is -2.21. The number of hydrogen-bond acceptors (Lipinski definition) is 15. The minimum Gasteiger partial charge on any atom is -0.462 e. The van der Waals surface area contributed by atoms with E-state index in [0.29, 0.717) is 37.5 Å². The molecule has 0 aromatic carbocycles. The molecule has 0 spiro atoms. The highest BCUT2D eigenvalue weighted by Gasteiger charge is 2.30. The summed E-state index contributed by atoms with van der Waals surface area (Å²) in [5, 5.41) is 10.6. The molecule has 0 saturated carbocycles. The maximum atomic E-state index is 13.0. The zero-order chi connectivity index (χ0) is 65.7. The van der Waals surface area contributed by atoms with Crippen molar-refractivity contribution in [2.45, 2.75) is 374 Å². The SMILES string of the molecule is CCCCCCCCCCCCCCCCCCCCCCC(=O)O[C@H](COC(=O)CCCCCCCCCC(C)C)COP(=O)(O)OC[C@@H](O)COP(=O)(O)OC[C@@H](COC(=O)CCCCCCCCC(C)C)OC(=O)CCCCCCCCCCCC. The van der Waals surface area contributed by atoms with Crippen LogP contribution in [0.25, 0.3) is 0 Å². The third-order valence-corrected chi connectivity index (χ3v) is 18.1. The van der Waals surface area contributed by atoms with Crippen LogP contribution in [-0.2, 0) is 65.4 Å². The van der Waals surface area contributed by atoms with E-state index in [9.17, 15) is 43.2 Å². The number of carbonyl (C=O) groups excluding carboxylic acids is 4. The average Bonchev–Trinajstić information content (AvgIpc) is 3.55. The molecule has 528 valence electrons. The Balaban J connectivity index is 5.16. The quantitative estimate of drug-likeness (QED) is 0.0222. The van der Waals surface area contributed by atoms with Gasteiger partial charge in [0.25, 0.3) is 0 Å². The molecule has 0 rings (SSSR count). The summed E-state index contributed by atoms with van der Waals surface area (Å²) in [5.41, 5.74) is 0. The summed E-state index contributed by atoms with van der Waals surface area (Å²) in [7, 11) is -9.89. The molecule has 0 aromatic rings. The Hall–Kier alpha value is -1.94. The van der Waals surface area contributed by atoms with Gasteiger partial charge in [-0.3, -0.25) is 37.3 Å².